The van der Waals surface area contributed by atoms with Gasteiger partial charge in [-0.25, -0.2) is 0 Å². The fourth-order valence-corrected chi connectivity index (χ4v) is 2.29. The summed E-state index contributed by atoms with van der Waals surface area (Å²) in [5.41, 5.74) is 4.48. The normalized spacial score (nSPS) is 10.2. The summed E-state index contributed by atoms with van der Waals surface area (Å²) < 4.78 is 0. The van der Waals surface area contributed by atoms with Crippen LogP contribution in [0.15, 0.2) is 72.9 Å². The summed E-state index contributed by atoms with van der Waals surface area (Å²) in [4.78, 5) is 15.7. The summed E-state index contributed by atoms with van der Waals surface area (Å²) in [6, 6.07) is 21.5. The van der Waals surface area contributed by atoms with E-state index >= 15 is 0 Å². The van der Waals surface area contributed by atoms with Crippen molar-refractivity contribution in [2.24, 2.45) is 0 Å². The third-order valence-corrected chi connectivity index (χ3v) is 3.24. The summed E-state index contributed by atoms with van der Waals surface area (Å²) in [5.74, 6) is 0. The third-order valence-electron chi connectivity index (χ3n) is 3.24. The molecule has 0 atom stereocenters. The molecule has 0 unspecified atom stereocenters. The summed E-state index contributed by atoms with van der Waals surface area (Å²) in [5, 5.41) is 0. The molecule has 0 fully saturated rings. The fourth-order valence-electron chi connectivity index (χ4n) is 2.29. The molecule has 0 aliphatic heterocycles. The average molecular weight is 259 g/mol. The van der Waals surface area contributed by atoms with Crippen LogP contribution in [-0.4, -0.2) is 11.3 Å². The number of carbonyl (C=O) groups is 1. The molecule has 96 valence electrons. The zero-order chi connectivity index (χ0) is 13.8. The Morgan fingerprint density at radius 2 is 1.45 bits per heavy atom. The van der Waals surface area contributed by atoms with Crippen LogP contribution in [0.25, 0.3) is 22.4 Å². The molecule has 1 aromatic heterocycles. The van der Waals surface area contributed by atoms with Gasteiger partial charge in [-0.2, -0.15) is 0 Å². The predicted molar refractivity (Wildman–Crippen MR) is 80.5 cm³/mol. The van der Waals surface area contributed by atoms with E-state index in [1.807, 2.05) is 66.7 Å². The van der Waals surface area contributed by atoms with E-state index in [-0.39, 0.29) is 0 Å². The van der Waals surface area contributed by atoms with Crippen LogP contribution in [0.4, 0.5) is 0 Å². The first kappa shape index (κ1) is 12.3. The van der Waals surface area contributed by atoms with E-state index < -0.39 is 0 Å². The van der Waals surface area contributed by atoms with Crippen molar-refractivity contribution >= 4 is 6.29 Å². The number of benzene rings is 2. The number of rotatable bonds is 3. The van der Waals surface area contributed by atoms with Crippen molar-refractivity contribution in [2.45, 2.75) is 0 Å². The molecule has 3 rings (SSSR count). The van der Waals surface area contributed by atoms with Crippen LogP contribution in [0, 0.1) is 0 Å². The Kier molecular flexibility index (Phi) is 3.38. The largest absolute Gasteiger partial charge is 0.298 e. The molecule has 0 saturated heterocycles. The van der Waals surface area contributed by atoms with Gasteiger partial charge in [0.15, 0.2) is 6.29 Å². The molecule has 0 spiro atoms. The molecule has 2 nitrogen and oxygen atoms in total. The van der Waals surface area contributed by atoms with E-state index in [2.05, 4.69) is 4.98 Å². The number of carbonyl (C=O) groups excluding carboxylic acids is 1. The van der Waals surface area contributed by atoms with Gasteiger partial charge >= 0.3 is 0 Å². The number of pyridine rings is 1. The highest BCUT2D eigenvalue weighted by atomic mass is 16.1. The average Bonchev–Trinajstić information content (AvgIpc) is 2.55. The monoisotopic (exact) mass is 259 g/mol. The van der Waals surface area contributed by atoms with Crippen LogP contribution in [0.3, 0.4) is 0 Å². The summed E-state index contributed by atoms with van der Waals surface area (Å²) in [6.45, 7) is 0. The topological polar surface area (TPSA) is 30.0 Å². The molecule has 0 aliphatic carbocycles. The van der Waals surface area contributed by atoms with Gasteiger partial charge in [0.25, 0.3) is 0 Å². The highest BCUT2D eigenvalue weighted by Crippen LogP contribution is 2.31. The maximum Gasteiger partial charge on any atom is 0.150 e. The number of hydrogen-bond donors (Lipinski definition) is 0. The lowest BCUT2D eigenvalue weighted by atomic mass is 9.97. The molecule has 0 aliphatic rings. The summed E-state index contributed by atoms with van der Waals surface area (Å²) in [7, 11) is 0. The Balaban J connectivity index is 2.23. The maximum atomic E-state index is 11.2. The van der Waals surface area contributed by atoms with Crippen molar-refractivity contribution in [3.8, 4) is 22.4 Å². The summed E-state index contributed by atoms with van der Waals surface area (Å²) in [6.07, 6.45) is 2.63. The van der Waals surface area contributed by atoms with E-state index in [0.29, 0.717) is 5.56 Å². The molecular formula is C18H13NO. The number of nitrogens with zero attached hydrogens (tertiary/aromatic N) is 1. The Hall–Kier alpha value is -2.74. The zero-order valence-electron chi connectivity index (χ0n) is 10.9. The van der Waals surface area contributed by atoms with Gasteiger partial charge in [-0.05, 0) is 11.6 Å². The highest BCUT2D eigenvalue weighted by molar-refractivity contribution is 5.91. The van der Waals surface area contributed by atoms with Crippen molar-refractivity contribution in [3.05, 3.63) is 78.5 Å². The minimum atomic E-state index is 0.656. The van der Waals surface area contributed by atoms with Crippen LogP contribution in [-0.2, 0) is 0 Å². The molecule has 0 saturated carbocycles. The van der Waals surface area contributed by atoms with Gasteiger partial charge in [0.2, 0.25) is 0 Å². The van der Waals surface area contributed by atoms with Crippen molar-refractivity contribution in [3.63, 3.8) is 0 Å². The van der Waals surface area contributed by atoms with Gasteiger partial charge in [0, 0.05) is 22.9 Å². The second-order valence-electron chi connectivity index (χ2n) is 4.47. The minimum Gasteiger partial charge on any atom is -0.298 e. The van der Waals surface area contributed by atoms with Gasteiger partial charge in [0.1, 0.15) is 0 Å². The lowest BCUT2D eigenvalue weighted by Crippen LogP contribution is -1.93. The van der Waals surface area contributed by atoms with E-state index in [9.17, 15) is 4.79 Å². The van der Waals surface area contributed by atoms with Gasteiger partial charge in [-0.3, -0.25) is 9.78 Å². The summed E-state index contributed by atoms with van der Waals surface area (Å²) >= 11 is 0. The molecule has 0 N–H and O–H groups in total. The zero-order valence-corrected chi connectivity index (χ0v) is 10.9. The van der Waals surface area contributed by atoms with E-state index in [1.54, 1.807) is 6.20 Å². The lowest BCUT2D eigenvalue weighted by Gasteiger charge is -2.10. The first-order chi connectivity index (χ1) is 9.90. The molecule has 2 heteroatoms. The first-order valence-corrected chi connectivity index (χ1v) is 6.45. The molecule has 2 aromatic carbocycles. The van der Waals surface area contributed by atoms with Crippen LogP contribution < -0.4 is 0 Å². The Bertz CT molecular complexity index is 735. The molecule has 0 amide bonds. The number of aromatic nitrogens is 1. The van der Waals surface area contributed by atoms with Crippen molar-refractivity contribution in [1.29, 1.82) is 0 Å². The lowest BCUT2D eigenvalue weighted by molar-refractivity contribution is 0.112. The van der Waals surface area contributed by atoms with Crippen molar-refractivity contribution in [2.75, 3.05) is 0 Å². The van der Waals surface area contributed by atoms with Crippen molar-refractivity contribution < 1.29 is 4.79 Å². The van der Waals surface area contributed by atoms with Gasteiger partial charge < -0.3 is 0 Å². The third kappa shape index (κ3) is 2.24. The minimum absolute atomic E-state index is 0.656. The van der Waals surface area contributed by atoms with Gasteiger partial charge in [-0.15, -0.1) is 0 Å². The molecule has 1 heterocycles. The molecule has 3 aromatic rings. The Morgan fingerprint density at radius 3 is 2.25 bits per heavy atom. The van der Waals surface area contributed by atoms with Gasteiger partial charge in [-0.1, -0.05) is 60.7 Å². The van der Waals surface area contributed by atoms with Gasteiger partial charge in [0.05, 0.1) is 5.69 Å². The Morgan fingerprint density at radius 1 is 0.750 bits per heavy atom. The second kappa shape index (κ2) is 5.49. The van der Waals surface area contributed by atoms with Crippen LogP contribution >= 0.6 is 0 Å². The van der Waals surface area contributed by atoms with Crippen LogP contribution in [0.2, 0.25) is 0 Å². The highest BCUT2D eigenvalue weighted by Gasteiger charge is 2.11. The van der Waals surface area contributed by atoms with E-state index in [4.69, 9.17) is 0 Å². The molecular weight excluding hydrogens is 246 g/mol. The Labute approximate surface area is 117 Å². The van der Waals surface area contributed by atoms with E-state index in [0.717, 1.165) is 28.7 Å². The van der Waals surface area contributed by atoms with Crippen LogP contribution in [0.5, 0.6) is 0 Å². The standard InChI is InChI=1S/C18H13NO/c20-13-15-9-4-5-10-17(15)18-16(11-6-12-19-18)14-7-2-1-3-8-14/h1-13H. The number of aldehydes is 1. The SMILES string of the molecule is O=Cc1ccccc1-c1ncccc1-c1ccccc1. The predicted octanol–water partition coefficient (Wildman–Crippen LogP) is 4.23. The quantitative estimate of drug-likeness (QED) is 0.659. The molecule has 0 radical (unpaired) electrons. The smallest absolute Gasteiger partial charge is 0.150 e. The fraction of sp³-hybridized carbons (Fsp3) is 0. The first-order valence-electron chi connectivity index (χ1n) is 6.45. The molecule has 20 heavy (non-hydrogen) atoms. The second-order valence-corrected chi connectivity index (χ2v) is 4.47. The van der Waals surface area contributed by atoms with Crippen molar-refractivity contribution in [1.82, 2.24) is 4.98 Å². The molecule has 0 bridgehead atoms. The number of hydrogen-bond acceptors (Lipinski definition) is 2. The van der Waals surface area contributed by atoms with E-state index in [1.165, 1.54) is 0 Å². The maximum absolute atomic E-state index is 11.2. The van der Waals surface area contributed by atoms with Crippen LogP contribution in [0.1, 0.15) is 10.4 Å².